The molecule has 0 spiro atoms. The molecule has 0 atom stereocenters. The zero-order chi connectivity index (χ0) is 22.3. The fourth-order valence-corrected chi connectivity index (χ4v) is 3.04. The predicted molar refractivity (Wildman–Crippen MR) is 141 cm³/mol. The number of rotatable bonds is 13. The second-order valence-corrected chi connectivity index (χ2v) is 7.26. The summed E-state index contributed by atoms with van der Waals surface area (Å²) >= 11 is 0. The molecule has 0 aliphatic carbocycles. The molecule has 0 saturated carbocycles. The van der Waals surface area contributed by atoms with E-state index < -0.39 is 0 Å². The molecule has 2 aromatic carbocycles. The van der Waals surface area contributed by atoms with Crippen molar-refractivity contribution in [1.29, 1.82) is 0 Å². The molecule has 2 N–H and O–H groups in total. The highest BCUT2D eigenvalue weighted by Crippen LogP contribution is 2.28. The average molecular weight is 556 g/mol. The van der Waals surface area contributed by atoms with Crippen LogP contribution >= 0.6 is 24.0 Å². The van der Waals surface area contributed by atoms with Gasteiger partial charge in [-0.2, -0.15) is 0 Å². The summed E-state index contributed by atoms with van der Waals surface area (Å²) in [6.45, 7) is 4.70. The largest absolute Gasteiger partial charge is 0.493 e. The Morgan fingerprint density at radius 2 is 1.75 bits per heavy atom. The van der Waals surface area contributed by atoms with Gasteiger partial charge in [0.05, 0.1) is 7.11 Å². The Morgan fingerprint density at radius 3 is 2.44 bits per heavy atom. The first-order chi connectivity index (χ1) is 15.2. The van der Waals surface area contributed by atoms with Crippen molar-refractivity contribution in [2.75, 3.05) is 54.6 Å². The Balaban J connectivity index is 0.00000512. The maximum absolute atomic E-state index is 5.93. The molecule has 8 heteroatoms. The van der Waals surface area contributed by atoms with Gasteiger partial charge >= 0.3 is 0 Å². The van der Waals surface area contributed by atoms with Crippen LogP contribution in [0.1, 0.15) is 17.5 Å². The van der Waals surface area contributed by atoms with Crippen LogP contribution in [-0.4, -0.2) is 65.4 Å². The highest BCUT2D eigenvalue weighted by molar-refractivity contribution is 14.0. The van der Waals surface area contributed by atoms with Crippen molar-refractivity contribution in [3.8, 4) is 11.5 Å². The zero-order valence-electron chi connectivity index (χ0n) is 19.6. The van der Waals surface area contributed by atoms with Gasteiger partial charge in [-0.05, 0) is 36.7 Å². The molecule has 0 saturated heterocycles. The third-order valence-electron chi connectivity index (χ3n) is 4.82. The van der Waals surface area contributed by atoms with Crippen molar-refractivity contribution in [3.63, 3.8) is 0 Å². The molecule has 0 aliphatic heterocycles. The van der Waals surface area contributed by atoms with Crippen LogP contribution in [0.15, 0.2) is 53.5 Å². The van der Waals surface area contributed by atoms with Crippen molar-refractivity contribution in [1.82, 2.24) is 15.5 Å². The second-order valence-electron chi connectivity index (χ2n) is 7.26. The minimum Gasteiger partial charge on any atom is -0.493 e. The highest BCUT2D eigenvalue weighted by Gasteiger charge is 2.07. The molecule has 32 heavy (non-hydrogen) atoms. The average Bonchev–Trinajstić information content (AvgIpc) is 2.81. The Morgan fingerprint density at radius 1 is 0.969 bits per heavy atom. The molecule has 0 heterocycles. The van der Waals surface area contributed by atoms with Gasteiger partial charge in [0.2, 0.25) is 0 Å². The van der Waals surface area contributed by atoms with Gasteiger partial charge in [-0.25, -0.2) is 0 Å². The molecule has 7 nitrogen and oxygen atoms in total. The quantitative estimate of drug-likeness (QED) is 0.170. The predicted octanol–water partition coefficient (Wildman–Crippen LogP) is 3.53. The number of hydrogen-bond acceptors (Lipinski definition) is 5. The lowest BCUT2D eigenvalue weighted by Crippen LogP contribution is -2.40. The van der Waals surface area contributed by atoms with Crippen LogP contribution in [0.4, 0.5) is 0 Å². The van der Waals surface area contributed by atoms with E-state index in [1.165, 1.54) is 0 Å². The number of ether oxygens (including phenoxy) is 3. The molecule has 0 unspecified atom stereocenters. The fourth-order valence-electron chi connectivity index (χ4n) is 3.04. The number of likely N-dealkylation sites (N-methyl/N-ethyl adjacent to an activating group) is 1. The Bertz CT molecular complexity index is 790. The molecule has 0 bridgehead atoms. The minimum atomic E-state index is 0. The molecule has 0 amide bonds. The van der Waals surface area contributed by atoms with Gasteiger partial charge in [0.25, 0.3) is 0 Å². The van der Waals surface area contributed by atoms with E-state index in [0.29, 0.717) is 13.2 Å². The molecule has 178 valence electrons. The summed E-state index contributed by atoms with van der Waals surface area (Å²) in [5.41, 5.74) is 2.21. The SMILES string of the molecule is CN=C(NCCN(C)CCCOC)NCc1ccc(OCc2ccccc2)c(OC)c1.I. The highest BCUT2D eigenvalue weighted by atomic mass is 127. The number of aliphatic imine (C=N–C) groups is 1. The lowest BCUT2D eigenvalue weighted by Gasteiger charge is -2.18. The van der Waals surface area contributed by atoms with Crippen LogP contribution in [-0.2, 0) is 17.9 Å². The second kappa shape index (κ2) is 16.6. The Labute approximate surface area is 209 Å². The van der Waals surface area contributed by atoms with E-state index >= 15 is 0 Å². The van der Waals surface area contributed by atoms with E-state index in [2.05, 4.69) is 27.6 Å². The number of methoxy groups -OCH3 is 2. The third-order valence-corrected chi connectivity index (χ3v) is 4.82. The van der Waals surface area contributed by atoms with E-state index in [4.69, 9.17) is 14.2 Å². The number of guanidine groups is 1. The first-order valence-electron chi connectivity index (χ1n) is 10.6. The molecule has 2 aromatic rings. The molecular formula is C24H37IN4O3. The Kier molecular flexibility index (Phi) is 14.5. The summed E-state index contributed by atoms with van der Waals surface area (Å²) < 4.78 is 16.6. The van der Waals surface area contributed by atoms with Gasteiger partial charge in [-0.3, -0.25) is 4.99 Å². The first-order valence-corrected chi connectivity index (χ1v) is 10.6. The van der Waals surface area contributed by atoms with Gasteiger partial charge in [0, 0.05) is 46.9 Å². The number of nitrogens with zero attached hydrogens (tertiary/aromatic N) is 2. The molecule has 0 aliphatic rings. The molecule has 0 fully saturated rings. The first kappa shape index (κ1) is 28.0. The minimum absolute atomic E-state index is 0. The summed E-state index contributed by atoms with van der Waals surface area (Å²) in [7, 11) is 7.28. The van der Waals surface area contributed by atoms with Crippen LogP contribution in [0.25, 0.3) is 0 Å². The summed E-state index contributed by atoms with van der Waals surface area (Å²) in [5, 5.41) is 6.69. The summed E-state index contributed by atoms with van der Waals surface area (Å²) in [4.78, 5) is 6.57. The van der Waals surface area contributed by atoms with Crippen LogP contribution < -0.4 is 20.1 Å². The van der Waals surface area contributed by atoms with E-state index in [-0.39, 0.29) is 24.0 Å². The van der Waals surface area contributed by atoms with Gasteiger partial charge in [0.15, 0.2) is 17.5 Å². The van der Waals surface area contributed by atoms with Gasteiger partial charge in [-0.15, -0.1) is 24.0 Å². The van der Waals surface area contributed by atoms with Crippen molar-refractivity contribution in [3.05, 3.63) is 59.7 Å². The topological polar surface area (TPSA) is 67.4 Å². The van der Waals surface area contributed by atoms with Crippen LogP contribution in [0.5, 0.6) is 11.5 Å². The molecule has 0 aromatic heterocycles. The molecule has 2 rings (SSSR count). The fraction of sp³-hybridized carbons (Fsp3) is 0.458. The number of halogens is 1. The van der Waals surface area contributed by atoms with Crippen LogP contribution in [0, 0.1) is 0 Å². The standard InChI is InChI=1S/C24H36N4O3.HI/c1-25-24(26-13-15-28(2)14-8-16-29-3)27-18-21-11-12-22(23(17-21)30-4)31-19-20-9-6-5-7-10-20;/h5-7,9-12,17H,8,13-16,18-19H2,1-4H3,(H2,25,26,27);1H. The van der Waals surface area contributed by atoms with Crippen LogP contribution in [0.3, 0.4) is 0 Å². The van der Waals surface area contributed by atoms with E-state index in [1.807, 2.05) is 48.5 Å². The van der Waals surface area contributed by atoms with Crippen molar-refractivity contribution in [2.24, 2.45) is 4.99 Å². The van der Waals surface area contributed by atoms with Gasteiger partial charge < -0.3 is 29.7 Å². The smallest absolute Gasteiger partial charge is 0.191 e. The number of nitrogens with one attached hydrogen (secondary N) is 2. The van der Waals surface area contributed by atoms with E-state index in [9.17, 15) is 0 Å². The Hall–Kier alpha value is -2.04. The van der Waals surface area contributed by atoms with Crippen LogP contribution in [0.2, 0.25) is 0 Å². The summed E-state index contributed by atoms with van der Waals surface area (Å²) in [6, 6.07) is 16.1. The van der Waals surface area contributed by atoms with E-state index in [0.717, 1.165) is 61.2 Å². The summed E-state index contributed by atoms with van der Waals surface area (Å²) in [5.74, 6) is 2.22. The van der Waals surface area contributed by atoms with E-state index in [1.54, 1.807) is 21.3 Å². The van der Waals surface area contributed by atoms with Gasteiger partial charge in [0.1, 0.15) is 6.61 Å². The molecule has 0 radical (unpaired) electrons. The van der Waals surface area contributed by atoms with Crippen molar-refractivity contribution < 1.29 is 14.2 Å². The van der Waals surface area contributed by atoms with Gasteiger partial charge in [-0.1, -0.05) is 36.4 Å². The van der Waals surface area contributed by atoms with Crippen molar-refractivity contribution >= 4 is 29.9 Å². The number of hydrogen-bond donors (Lipinski definition) is 2. The molecular weight excluding hydrogens is 519 g/mol. The van der Waals surface area contributed by atoms with Crippen molar-refractivity contribution in [2.45, 2.75) is 19.6 Å². The maximum atomic E-state index is 5.93. The summed E-state index contributed by atoms with van der Waals surface area (Å²) in [6.07, 6.45) is 1.03. The monoisotopic (exact) mass is 556 g/mol. The number of benzene rings is 2. The normalized spacial score (nSPS) is 11.1. The lowest BCUT2D eigenvalue weighted by molar-refractivity contribution is 0.180. The third kappa shape index (κ3) is 10.5. The maximum Gasteiger partial charge on any atom is 0.191 e. The zero-order valence-corrected chi connectivity index (χ0v) is 21.9. The lowest BCUT2D eigenvalue weighted by atomic mass is 10.2.